The monoisotopic (exact) mass is 337 g/mol. The fourth-order valence-electron chi connectivity index (χ4n) is 3.99. The number of anilines is 1. The number of nitrogens with zero attached hydrogens (tertiary/aromatic N) is 7. The summed E-state index contributed by atoms with van der Waals surface area (Å²) in [5, 5.41) is 4.24. The third-order valence-electron chi connectivity index (χ3n) is 5.13. The van der Waals surface area contributed by atoms with Crippen molar-refractivity contribution in [2.75, 3.05) is 31.1 Å². The first kappa shape index (κ1) is 14.6. The molecule has 2 aliphatic heterocycles. The predicted octanol–water partition coefficient (Wildman–Crippen LogP) is 1.22. The third-order valence-corrected chi connectivity index (χ3v) is 5.13. The van der Waals surface area contributed by atoms with Crippen molar-refractivity contribution in [2.45, 2.75) is 6.54 Å². The zero-order valence-electron chi connectivity index (χ0n) is 13.8. The van der Waals surface area contributed by atoms with Gasteiger partial charge in [0.05, 0.1) is 5.69 Å². The van der Waals surface area contributed by atoms with E-state index < -0.39 is 0 Å². The van der Waals surface area contributed by atoms with Gasteiger partial charge in [0.1, 0.15) is 18.4 Å². The Hall–Kier alpha value is -2.74. The van der Waals surface area contributed by atoms with Crippen LogP contribution >= 0.6 is 0 Å². The maximum absolute atomic E-state index is 5.07. The molecule has 128 valence electrons. The molecule has 0 aliphatic carbocycles. The summed E-state index contributed by atoms with van der Waals surface area (Å²) in [5.74, 6) is 3.14. The molecule has 3 aromatic heterocycles. The van der Waals surface area contributed by atoms with Gasteiger partial charge in [-0.3, -0.25) is 4.90 Å². The molecule has 2 unspecified atom stereocenters. The molecule has 25 heavy (non-hydrogen) atoms. The summed E-state index contributed by atoms with van der Waals surface area (Å²) < 4.78 is 6.83. The van der Waals surface area contributed by atoms with Crippen molar-refractivity contribution in [1.82, 2.24) is 29.6 Å². The van der Waals surface area contributed by atoms with E-state index in [4.69, 9.17) is 4.42 Å². The Bertz CT molecular complexity index is 819. The van der Waals surface area contributed by atoms with Crippen LogP contribution in [-0.2, 0) is 6.54 Å². The Labute approximate surface area is 145 Å². The van der Waals surface area contributed by atoms with Crippen molar-refractivity contribution < 1.29 is 4.42 Å². The maximum Gasteiger partial charge on any atom is 0.180 e. The van der Waals surface area contributed by atoms with E-state index in [0.717, 1.165) is 50.1 Å². The molecule has 0 saturated carbocycles. The molecule has 0 spiro atoms. The third kappa shape index (κ3) is 2.78. The van der Waals surface area contributed by atoms with Crippen LogP contribution in [0.2, 0.25) is 0 Å². The van der Waals surface area contributed by atoms with Crippen LogP contribution in [0.5, 0.6) is 0 Å². The second-order valence-corrected chi connectivity index (χ2v) is 6.78. The highest BCUT2D eigenvalue weighted by Gasteiger charge is 2.40. The van der Waals surface area contributed by atoms with Crippen LogP contribution in [0, 0.1) is 11.8 Å². The molecule has 8 heteroatoms. The molecule has 0 radical (unpaired) electrons. The molecule has 0 N–H and O–H groups in total. The molecule has 0 bridgehead atoms. The van der Waals surface area contributed by atoms with E-state index in [1.807, 2.05) is 18.3 Å². The second kappa shape index (κ2) is 5.96. The fraction of sp³-hybridized carbons (Fsp3) is 0.412. The lowest BCUT2D eigenvalue weighted by Gasteiger charge is -2.21. The first-order chi connectivity index (χ1) is 12.3. The van der Waals surface area contributed by atoms with Crippen molar-refractivity contribution in [2.24, 2.45) is 11.8 Å². The highest BCUT2D eigenvalue weighted by molar-refractivity contribution is 5.44. The van der Waals surface area contributed by atoms with E-state index in [0.29, 0.717) is 11.8 Å². The quantitative estimate of drug-likeness (QED) is 0.708. The lowest BCUT2D eigenvalue weighted by Crippen LogP contribution is -2.29. The van der Waals surface area contributed by atoms with Gasteiger partial charge in [0.25, 0.3) is 0 Å². The van der Waals surface area contributed by atoms with Gasteiger partial charge in [-0.15, -0.1) is 0 Å². The minimum Gasteiger partial charge on any atom is -0.451 e. The number of aromatic nitrogens is 5. The molecule has 0 aromatic carbocycles. The Morgan fingerprint density at radius 3 is 2.60 bits per heavy atom. The van der Waals surface area contributed by atoms with E-state index in [1.54, 1.807) is 23.5 Å². The highest BCUT2D eigenvalue weighted by Crippen LogP contribution is 2.34. The number of hydrogen-bond acceptors (Lipinski definition) is 7. The number of likely N-dealkylation sites (tertiary alicyclic amines) is 1. The summed E-state index contributed by atoms with van der Waals surface area (Å²) in [7, 11) is 0. The minimum absolute atomic E-state index is 0.676. The summed E-state index contributed by atoms with van der Waals surface area (Å²) in [4.78, 5) is 17.9. The Morgan fingerprint density at radius 2 is 1.88 bits per heavy atom. The van der Waals surface area contributed by atoms with Crippen LogP contribution in [0.15, 0.2) is 47.9 Å². The van der Waals surface area contributed by atoms with Gasteiger partial charge < -0.3 is 9.32 Å². The van der Waals surface area contributed by atoms with Gasteiger partial charge in [-0.05, 0) is 17.9 Å². The van der Waals surface area contributed by atoms with Crippen LogP contribution in [-0.4, -0.2) is 55.8 Å². The van der Waals surface area contributed by atoms with Gasteiger partial charge >= 0.3 is 0 Å². The topological polar surface area (TPSA) is 76.1 Å². The Kier molecular flexibility index (Phi) is 3.48. The van der Waals surface area contributed by atoms with Gasteiger partial charge in [-0.25, -0.2) is 19.6 Å². The van der Waals surface area contributed by atoms with Crippen molar-refractivity contribution in [3.63, 3.8) is 0 Å². The number of hydrogen-bond donors (Lipinski definition) is 0. The first-order valence-corrected chi connectivity index (χ1v) is 8.51. The normalized spacial score (nSPS) is 23.3. The highest BCUT2D eigenvalue weighted by atomic mass is 16.3. The summed E-state index contributed by atoms with van der Waals surface area (Å²) in [6, 6.07) is 3.91. The average molecular weight is 337 g/mol. The van der Waals surface area contributed by atoms with E-state index in [1.165, 1.54) is 6.39 Å². The molecule has 2 fully saturated rings. The number of rotatable bonds is 4. The zero-order valence-corrected chi connectivity index (χ0v) is 13.8. The summed E-state index contributed by atoms with van der Waals surface area (Å²) >= 11 is 0. The van der Waals surface area contributed by atoms with Gasteiger partial charge in [-0.1, -0.05) is 0 Å². The lowest BCUT2D eigenvalue weighted by atomic mass is 10.0. The number of oxazole rings is 1. The Morgan fingerprint density at radius 1 is 1.04 bits per heavy atom. The zero-order chi connectivity index (χ0) is 16.6. The molecule has 2 saturated heterocycles. The van der Waals surface area contributed by atoms with Gasteiger partial charge in [-0.2, -0.15) is 5.10 Å². The van der Waals surface area contributed by atoms with Gasteiger partial charge in [0.15, 0.2) is 12.2 Å². The maximum atomic E-state index is 5.07. The predicted molar refractivity (Wildman–Crippen MR) is 90.1 cm³/mol. The van der Waals surface area contributed by atoms with Crippen molar-refractivity contribution in [3.05, 3.63) is 49.2 Å². The standard InChI is InChI=1S/C17H19N7O/c1-2-21-24(3-1)17-4-16(18-11-19-17)23-7-13-5-22(6-14(13)8-23)9-15-10-25-12-20-15/h1-4,10-14H,5-9H2. The largest absolute Gasteiger partial charge is 0.451 e. The second-order valence-electron chi connectivity index (χ2n) is 6.78. The molecule has 2 atom stereocenters. The fourth-order valence-corrected chi connectivity index (χ4v) is 3.99. The van der Waals surface area contributed by atoms with Crippen molar-refractivity contribution in [3.8, 4) is 5.82 Å². The number of fused-ring (bicyclic) bond motifs is 1. The molecule has 5 heterocycles. The smallest absolute Gasteiger partial charge is 0.180 e. The van der Waals surface area contributed by atoms with E-state index >= 15 is 0 Å². The van der Waals surface area contributed by atoms with Crippen molar-refractivity contribution in [1.29, 1.82) is 0 Å². The van der Waals surface area contributed by atoms with Gasteiger partial charge in [0, 0.05) is 51.2 Å². The van der Waals surface area contributed by atoms with E-state index in [2.05, 4.69) is 29.9 Å². The van der Waals surface area contributed by atoms with Crippen LogP contribution in [0.4, 0.5) is 5.82 Å². The van der Waals surface area contributed by atoms with E-state index in [9.17, 15) is 0 Å². The van der Waals surface area contributed by atoms with Crippen LogP contribution in [0.3, 0.4) is 0 Å². The SMILES string of the molecule is c1cnn(-c2cc(N3CC4CN(Cc5cocn5)CC4C3)ncn2)c1. The summed E-state index contributed by atoms with van der Waals surface area (Å²) in [6.07, 6.45) is 8.51. The summed E-state index contributed by atoms with van der Waals surface area (Å²) in [5.41, 5.74) is 1.01. The molecule has 3 aromatic rings. The molecule has 5 rings (SSSR count). The molecule has 0 amide bonds. The van der Waals surface area contributed by atoms with Crippen molar-refractivity contribution >= 4 is 5.82 Å². The van der Waals surface area contributed by atoms with Crippen LogP contribution < -0.4 is 4.90 Å². The van der Waals surface area contributed by atoms with Crippen LogP contribution in [0.25, 0.3) is 5.82 Å². The van der Waals surface area contributed by atoms with E-state index in [-0.39, 0.29) is 0 Å². The molecular weight excluding hydrogens is 318 g/mol. The molecular formula is C17H19N7O. The van der Waals surface area contributed by atoms with Gasteiger partial charge in [0.2, 0.25) is 0 Å². The lowest BCUT2D eigenvalue weighted by molar-refractivity contribution is 0.305. The Balaban J connectivity index is 1.26. The summed E-state index contributed by atoms with van der Waals surface area (Å²) in [6.45, 7) is 5.15. The first-order valence-electron chi connectivity index (χ1n) is 8.51. The minimum atomic E-state index is 0.676. The average Bonchev–Trinajstić information content (AvgIpc) is 3.40. The molecule has 2 aliphatic rings. The molecule has 8 nitrogen and oxygen atoms in total. The van der Waals surface area contributed by atoms with Crippen LogP contribution in [0.1, 0.15) is 5.69 Å².